The minimum atomic E-state index is -0.719. The van der Waals surface area contributed by atoms with Crippen molar-refractivity contribution in [2.24, 2.45) is 0 Å². The summed E-state index contributed by atoms with van der Waals surface area (Å²) in [5.41, 5.74) is 2.36. The zero-order chi connectivity index (χ0) is 15.0. The molecule has 21 heavy (non-hydrogen) atoms. The third-order valence-electron chi connectivity index (χ3n) is 3.66. The quantitative estimate of drug-likeness (QED) is 0.896. The van der Waals surface area contributed by atoms with Crippen LogP contribution < -0.4 is 10.1 Å². The second kappa shape index (κ2) is 5.50. The highest BCUT2D eigenvalue weighted by Crippen LogP contribution is 2.33. The first-order chi connectivity index (χ1) is 10.1. The van der Waals surface area contributed by atoms with Gasteiger partial charge in [0, 0.05) is 9.75 Å². The number of rotatable bonds is 2. The van der Waals surface area contributed by atoms with Gasteiger partial charge in [0.2, 0.25) is 0 Å². The van der Waals surface area contributed by atoms with Crippen molar-refractivity contribution < 1.29 is 14.6 Å². The van der Waals surface area contributed by atoms with Gasteiger partial charge in [0.05, 0.1) is 12.1 Å². The first-order valence-corrected chi connectivity index (χ1v) is 7.68. The fourth-order valence-electron chi connectivity index (χ4n) is 2.34. The Morgan fingerprint density at radius 2 is 2.14 bits per heavy atom. The maximum atomic E-state index is 12.0. The van der Waals surface area contributed by atoms with Gasteiger partial charge >= 0.3 is 0 Å². The second-order valence-corrected chi connectivity index (χ2v) is 6.44. The van der Waals surface area contributed by atoms with E-state index in [-0.39, 0.29) is 5.91 Å². The van der Waals surface area contributed by atoms with E-state index in [9.17, 15) is 9.90 Å². The number of carbonyl (C=O) groups is 1. The maximum Gasteiger partial charge on any atom is 0.255 e. The number of nitrogens with one attached hydrogen (secondary N) is 1. The molecule has 0 radical (unpaired) electrons. The summed E-state index contributed by atoms with van der Waals surface area (Å²) < 4.78 is 5.52. The van der Waals surface area contributed by atoms with Gasteiger partial charge in [-0.3, -0.25) is 4.79 Å². The SMILES string of the molecule is Cc1cc(C(O)c2ccc3c(c2)C(=O)NCCO3)sc1C. The number of ether oxygens (including phenoxy) is 1. The predicted octanol–water partition coefficient (Wildman–Crippen LogP) is 2.57. The fraction of sp³-hybridized carbons (Fsp3) is 0.312. The molecule has 2 heterocycles. The number of fused-ring (bicyclic) bond motifs is 1. The van der Waals surface area contributed by atoms with Crippen LogP contribution in [0.3, 0.4) is 0 Å². The van der Waals surface area contributed by atoms with Crippen LogP contribution in [0.2, 0.25) is 0 Å². The predicted molar refractivity (Wildman–Crippen MR) is 82.1 cm³/mol. The number of benzene rings is 1. The molecule has 0 fully saturated rings. The number of amides is 1. The number of aryl methyl sites for hydroxylation is 2. The molecule has 110 valence electrons. The molecule has 0 saturated heterocycles. The van der Waals surface area contributed by atoms with E-state index in [1.807, 2.05) is 26.0 Å². The smallest absolute Gasteiger partial charge is 0.255 e. The van der Waals surface area contributed by atoms with Crippen LogP contribution >= 0.6 is 11.3 Å². The van der Waals surface area contributed by atoms with Crippen molar-refractivity contribution in [3.05, 3.63) is 50.7 Å². The third kappa shape index (κ3) is 2.66. The van der Waals surface area contributed by atoms with E-state index in [0.29, 0.717) is 30.0 Å². The molecule has 0 bridgehead atoms. The van der Waals surface area contributed by atoms with E-state index in [4.69, 9.17) is 4.74 Å². The first-order valence-electron chi connectivity index (χ1n) is 6.86. The van der Waals surface area contributed by atoms with Crippen LogP contribution in [0.25, 0.3) is 0 Å². The molecule has 1 amide bonds. The lowest BCUT2D eigenvalue weighted by Crippen LogP contribution is -2.24. The highest BCUT2D eigenvalue weighted by molar-refractivity contribution is 7.12. The van der Waals surface area contributed by atoms with E-state index in [0.717, 1.165) is 4.88 Å². The second-order valence-electron chi connectivity index (χ2n) is 5.15. The molecule has 0 saturated carbocycles. The number of hydrogen-bond acceptors (Lipinski definition) is 4. The Morgan fingerprint density at radius 1 is 1.33 bits per heavy atom. The topological polar surface area (TPSA) is 58.6 Å². The molecule has 2 N–H and O–H groups in total. The summed E-state index contributed by atoms with van der Waals surface area (Å²) in [4.78, 5) is 14.1. The van der Waals surface area contributed by atoms with Crippen LogP contribution in [0.1, 0.15) is 37.3 Å². The Hall–Kier alpha value is -1.85. The van der Waals surface area contributed by atoms with Crippen molar-refractivity contribution in [3.8, 4) is 5.75 Å². The molecule has 1 aromatic heterocycles. The molecule has 3 rings (SSSR count). The summed E-state index contributed by atoms with van der Waals surface area (Å²) in [5, 5.41) is 13.3. The average molecular weight is 303 g/mol. The van der Waals surface area contributed by atoms with Gasteiger partial charge < -0.3 is 15.2 Å². The molecule has 0 spiro atoms. The number of carbonyl (C=O) groups excluding carboxylic acids is 1. The molecular formula is C16H17NO3S. The van der Waals surface area contributed by atoms with Gasteiger partial charge in [-0.1, -0.05) is 6.07 Å². The van der Waals surface area contributed by atoms with Crippen molar-refractivity contribution in [2.45, 2.75) is 20.0 Å². The van der Waals surface area contributed by atoms with E-state index < -0.39 is 6.10 Å². The standard InChI is InChI=1S/C16H17NO3S/c1-9-7-14(21-10(9)2)15(18)11-3-4-13-12(8-11)16(19)17-5-6-20-13/h3-4,7-8,15,18H,5-6H2,1-2H3,(H,17,19). The van der Waals surface area contributed by atoms with Crippen molar-refractivity contribution in [2.75, 3.05) is 13.2 Å². The van der Waals surface area contributed by atoms with E-state index in [2.05, 4.69) is 5.32 Å². The van der Waals surface area contributed by atoms with Gasteiger partial charge in [-0.05, 0) is 43.2 Å². The number of hydrogen-bond donors (Lipinski definition) is 2. The minimum Gasteiger partial charge on any atom is -0.491 e. The van der Waals surface area contributed by atoms with Crippen LogP contribution in [0, 0.1) is 13.8 Å². The number of aliphatic hydroxyl groups excluding tert-OH is 1. The molecule has 1 aromatic carbocycles. The maximum absolute atomic E-state index is 12.0. The van der Waals surface area contributed by atoms with Crippen molar-refractivity contribution in [1.82, 2.24) is 5.32 Å². The van der Waals surface area contributed by atoms with Crippen molar-refractivity contribution in [3.63, 3.8) is 0 Å². The van der Waals surface area contributed by atoms with Crippen molar-refractivity contribution in [1.29, 1.82) is 0 Å². The Morgan fingerprint density at radius 3 is 2.86 bits per heavy atom. The van der Waals surface area contributed by atoms with Gasteiger partial charge in [0.25, 0.3) is 5.91 Å². The Bertz CT molecular complexity index is 673. The normalized spacial score (nSPS) is 15.7. The molecular weight excluding hydrogens is 286 g/mol. The van der Waals surface area contributed by atoms with E-state index in [1.54, 1.807) is 23.5 Å². The summed E-state index contributed by atoms with van der Waals surface area (Å²) in [7, 11) is 0. The zero-order valence-electron chi connectivity index (χ0n) is 12.0. The minimum absolute atomic E-state index is 0.157. The number of aliphatic hydroxyl groups is 1. The lowest BCUT2D eigenvalue weighted by molar-refractivity contribution is 0.0957. The van der Waals surface area contributed by atoms with E-state index in [1.165, 1.54) is 10.4 Å². The van der Waals surface area contributed by atoms with Crippen LogP contribution in [-0.4, -0.2) is 24.2 Å². The Labute approximate surface area is 127 Å². The molecule has 1 atom stereocenters. The zero-order valence-corrected chi connectivity index (χ0v) is 12.8. The fourth-order valence-corrected chi connectivity index (χ4v) is 3.40. The molecule has 5 heteroatoms. The van der Waals surface area contributed by atoms with Crippen LogP contribution in [0.4, 0.5) is 0 Å². The summed E-state index contributed by atoms with van der Waals surface area (Å²) in [6.45, 7) is 5.02. The summed E-state index contributed by atoms with van der Waals surface area (Å²) in [6, 6.07) is 7.27. The Balaban J connectivity index is 1.97. The van der Waals surface area contributed by atoms with Gasteiger partial charge in [-0.15, -0.1) is 11.3 Å². The molecule has 0 aliphatic carbocycles. The van der Waals surface area contributed by atoms with Crippen LogP contribution in [-0.2, 0) is 0 Å². The van der Waals surface area contributed by atoms with Crippen LogP contribution in [0.15, 0.2) is 24.3 Å². The highest BCUT2D eigenvalue weighted by Gasteiger charge is 2.20. The highest BCUT2D eigenvalue weighted by atomic mass is 32.1. The van der Waals surface area contributed by atoms with Crippen LogP contribution in [0.5, 0.6) is 5.75 Å². The molecule has 1 aliphatic rings. The molecule has 2 aromatic rings. The van der Waals surface area contributed by atoms with Crippen molar-refractivity contribution >= 4 is 17.2 Å². The lowest BCUT2D eigenvalue weighted by atomic mass is 10.0. The lowest BCUT2D eigenvalue weighted by Gasteiger charge is -2.12. The van der Waals surface area contributed by atoms with Gasteiger partial charge in [0.1, 0.15) is 18.5 Å². The van der Waals surface area contributed by atoms with E-state index >= 15 is 0 Å². The van der Waals surface area contributed by atoms with Gasteiger partial charge in [-0.2, -0.15) is 0 Å². The summed E-state index contributed by atoms with van der Waals surface area (Å²) in [6.07, 6.45) is -0.719. The first kappa shape index (κ1) is 14.1. The molecule has 1 unspecified atom stereocenters. The molecule has 4 nitrogen and oxygen atoms in total. The monoisotopic (exact) mass is 303 g/mol. The largest absolute Gasteiger partial charge is 0.491 e. The molecule has 1 aliphatic heterocycles. The number of thiophene rings is 1. The third-order valence-corrected chi connectivity index (χ3v) is 4.87. The Kier molecular flexibility index (Phi) is 3.69. The van der Waals surface area contributed by atoms with Gasteiger partial charge in [-0.25, -0.2) is 0 Å². The summed E-state index contributed by atoms with van der Waals surface area (Å²) in [5.74, 6) is 0.412. The van der Waals surface area contributed by atoms with Gasteiger partial charge in [0.15, 0.2) is 0 Å². The summed E-state index contributed by atoms with van der Waals surface area (Å²) >= 11 is 1.58. The average Bonchev–Trinajstić information content (AvgIpc) is 2.70.